The summed E-state index contributed by atoms with van der Waals surface area (Å²) in [5, 5.41) is 16.2. The predicted molar refractivity (Wildman–Crippen MR) is 83.9 cm³/mol. The molecule has 1 atom stereocenters. The minimum absolute atomic E-state index is 0.419. The zero-order valence-electron chi connectivity index (χ0n) is 13.8. The first-order chi connectivity index (χ1) is 11.2. The third kappa shape index (κ3) is 3.15. The molecule has 2 aromatic heterocycles. The van der Waals surface area contributed by atoms with E-state index in [0.717, 1.165) is 43.4 Å². The smallest absolute Gasteiger partial charge is 0.240 e. The van der Waals surface area contributed by atoms with Crippen LogP contribution < -0.4 is 5.32 Å². The van der Waals surface area contributed by atoms with Crippen molar-refractivity contribution in [2.45, 2.75) is 64.5 Å². The molecular formula is C16H24N6O. The topological polar surface area (TPSA) is 81.7 Å². The van der Waals surface area contributed by atoms with E-state index in [4.69, 9.17) is 4.52 Å². The summed E-state index contributed by atoms with van der Waals surface area (Å²) >= 11 is 0. The van der Waals surface area contributed by atoms with E-state index in [2.05, 4.69) is 44.1 Å². The summed E-state index contributed by atoms with van der Waals surface area (Å²) in [6.45, 7) is 6.96. The van der Waals surface area contributed by atoms with Gasteiger partial charge in [0.15, 0.2) is 5.82 Å². The summed E-state index contributed by atoms with van der Waals surface area (Å²) in [7, 11) is 0. The first kappa shape index (κ1) is 14.8. The average molecular weight is 316 g/mol. The number of hydrogen-bond donors (Lipinski definition) is 1. The lowest BCUT2D eigenvalue weighted by Gasteiger charge is -2.25. The molecule has 1 N–H and O–H groups in total. The van der Waals surface area contributed by atoms with E-state index < -0.39 is 0 Å². The molecule has 0 amide bonds. The van der Waals surface area contributed by atoms with Crippen LogP contribution in [0.15, 0.2) is 4.52 Å². The molecule has 124 valence electrons. The van der Waals surface area contributed by atoms with Gasteiger partial charge < -0.3 is 14.4 Å². The molecule has 1 aliphatic carbocycles. The second kappa shape index (κ2) is 6.03. The van der Waals surface area contributed by atoms with E-state index in [9.17, 15) is 0 Å². The SMILES string of the molecule is CC(C)c1nnc2n1CC(CNCc1nc(C3CC3)no1)CC2. The van der Waals surface area contributed by atoms with E-state index in [1.165, 1.54) is 12.8 Å². The van der Waals surface area contributed by atoms with E-state index in [0.29, 0.717) is 30.2 Å². The monoisotopic (exact) mass is 316 g/mol. The third-order valence-electron chi connectivity index (χ3n) is 4.72. The molecule has 1 saturated carbocycles. The first-order valence-electron chi connectivity index (χ1n) is 8.66. The van der Waals surface area contributed by atoms with Gasteiger partial charge in [-0.2, -0.15) is 4.98 Å². The highest BCUT2D eigenvalue weighted by Gasteiger charge is 2.29. The quantitative estimate of drug-likeness (QED) is 0.878. The van der Waals surface area contributed by atoms with Crippen molar-refractivity contribution < 1.29 is 4.52 Å². The molecule has 0 aromatic carbocycles. The largest absolute Gasteiger partial charge is 0.338 e. The minimum atomic E-state index is 0.419. The first-order valence-corrected chi connectivity index (χ1v) is 8.66. The van der Waals surface area contributed by atoms with Crippen LogP contribution in [0.4, 0.5) is 0 Å². The number of nitrogens with zero attached hydrogens (tertiary/aromatic N) is 5. The molecule has 0 radical (unpaired) electrons. The van der Waals surface area contributed by atoms with Crippen molar-refractivity contribution >= 4 is 0 Å². The maximum atomic E-state index is 5.30. The van der Waals surface area contributed by atoms with Gasteiger partial charge in [-0.1, -0.05) is 19.0 Å². The van der Waals surface area contributed by atoms with Crippen LogP contribution >= 0.6 is 0 Å². The molecule has 4 rings (SSSR count). The molecular weight excluding hydrogens is 292 g/mol. The highest BCUT2D eigenvalue weighted by Crippen LogP contribution is 2.38. The van der Waals surface area contributed by atoms with Crippen LogP contribution in [0.2, 0.25) is 0 Å². The molecule has 1 fully saturated rings. The van der Waals surface area contributed by atoms with Gasteiger partial charge in [0.05, 0.1) is 6.54 Å². The van der Waals surface area contributed by atoms with Gasteiger partial charge >= 0.3 is 0 Å². The Bertz CT molecular complexity index is 672. The van der Waals surface area contributed by atoms with Crippen LogP contribution in [-0.2, 0) is 19.5 Å². The molecule has 23 heavy (non-hydrogen) atoms. The van der Waals surface area contributed by atoms with Gasteiger partial charge in [0.25, 0.3) is 0 Å². The van der Waals surface area contributed by atoms with Crippen molar-refractivity contribution in [1.82, 2.24) is 30.2 Å². The van der Waals surface area contributed by atoms with E-state index >= 15 is 0 Å². The Kier molecular flexibility index (Phi) is 3.88. The third-order valence-corrected chi connectivity index (χ3v) is 4.72. The van der Waals surface area contributed by atoms with Crippen LogP contribution in [0.1, 0.15) is 68.3 Å². The lowest BCUT2D eigenvalue weighted by molar-refractivity contribution is 0.321. The zero-order valence-corrected chi connectivity index (χ0v) is 13.8. The van der Waals surface area contributed by atoms with E-state index in [1.807, 2.05) is 0 Å². The highest BCUT2D eigenvalue weighted by molar-refractivity contribution is 5.04. The van der Waals surface area contributed by atoms with Crippen LogP contribution in [0.25, 0.3) is 0 Å². The Morgan fingerprint density at radius 2 is 2.13 bits per heavy atom. The van der Waals surface area contributed by atoms with Gasteiger partial charge in [-0.3, -0.25) is 0 Å². The Morgan fingerprint density at radius 3 is 2.91 bits per heavy atom. The summed E-state index contributed by atoms with van der Waals surface area (Å²) < 4.78 is 7.60. The van der Waals surface area contributed by atoms with Gasteiger partial charge in [0, 0.05) is 31.3 Å². The van der Waals surface area contributed by atoms with Crippen LogP contribution in [0.3, 0.4) is 0 Å². The maximum absolute atomic E-state index is 5.30. The summed E-state index contributed by atoms with van der Waals surface area (Å²) in [4.78, 5) is 4.45. The number of aryl methyl sites for hydroxylation is 1. The summed E-state index contributed by atoms with van der Waals surface area (Å²) in [6.07, 6.45) is 4.57. The number of fused-ring (bicyclic) bond motifs is 1. The van der Waals surface area contributed by atoms with Gasteiger partial charge in [0.1, 0.15) is 11.6 Å². The fourth-order valence-corrected chi connectivity index (χ4v) is 3.24. The van der Waals surface area contributed by atoms with E-state index in [1.54, 1.807) is 0 Å². The van der Waals surface area contributed by atoms with Crippen molar-refractivity contribution in [3.63, 3.8) is 0 Å². The van der Waals surface area contributed by atoms with Crippen LogP contribution in [-0.4, -0.2) is 31.4 Å². The fraction of sp³-hybridized carbons (Fsp3) is 0.750. The molecule has 0 saturated heterocycles. The molecule has 0 spiro atoms. The Balaban J connectivity index is 1.30. The molecule has 0 bridgehead atoms. The van der Waals surface area contributed by atoms with Gasteiger partial charge in [-0.25, -0.2) is 0 Å². The van der Waals surface area contributed by atoms with E-state index in [-0.39, 0.29) is 0 Å². The van der Waals surface area contributed by atoms with Gasteiger partial charge in [0.2, 0.25) is 5.89 Å². The van der Waals surface area contributed by atoms with Crippen molar-refractivity contribution in [3.8, 4) is 0 Å². The lowest BCUT2D eigenvalue weighted by atomic mass is 9.98. The lowest BCUT2D eigenvalue weighted by Crippen LogP contribution is -2.30. The molecule has 2 aromatic rings. The molecule has 3 heterocycles. The number of aromatic nitrogens is 5. The van der Waals surface area contributed by atoms with Crippen molar-refractivity contribution in [2.24, 2.45) is 5.92 Å². The average Bonchev–Trinajstić information content (AvgIpc) is 3.13. The summed E-state index contributed by atoms with van der Waals surface area (Å²) in [5.41, 5.74) is 0. The highest BCUT2D eigenvalue weighted by atomic mass is 16.5. The Morgan fingerprint density at radius 1 is 1.26 bits per heavy atom. The number of rotatable bonds is 6. The van der Waals surface area contributed by atoms with Crippen LogP contribution in [0, 0.1) is 5.92 Å². The fourth-order valence-electron chi connectivity index (χ4n) is 3.24. The van der Waals surface area contributed by atoms with Gasteiger partial charge in [-0.15, -0.1) is 10.2 Å². The second-order valence-corrected chi connectivity index (χ2v) is 7.10. The molecule has 7 nitrogen and oxygen atoms in total. The van der Waals surface area contributed by atoms with Crippen LogP contribution in [0.5, 0.6) is 0 Å². The summed E-state index contributed by atoms with van der Waals surface area (Å²) in [5.74, 6) is 5.40. The summed E-state index contributed by atoms with van der Waals surface area (Å²) in [6, 6.07) is 0. The molecule has 2 aliphatic rings. The normalized spacial score (nSPS) is 20.9. The number of nitrogens with one attached hydrogen (secondary N) is 1. The molecule has 7 heteroatoms. The Hall–Kier alpha value is -1.76. The minimum Gasteiger partial charge on any atom is -0.338 e. The van der Waals surface area contributed by atoms with Crippen molar-refractivity contribution in [3.05, 3.63) is 23.4 Å². The Labute approximate surface area is 135 Å². The number of hydrogen-bond acceptors (Lipinski definition) is 6. The maximum Gasteiger partial charge on any atom is 0.240 e. The zero-order chi connectivity index (χ0) is 15.8. The van der Waals surface area contributed by atoms with Gasteiger partial charge in [-0.05, 0) is 25.2 Å². The molecule has 1 aliphatic heterocycles. The van der Waals surface area contributed by atoms with Crippen molar-refractivity contribution in [2.75, 3.05) is 6.54 Å². The standard InChI is InChI=1S/C16H24N6O/c1-10(2)16-20-19-13-6-3-11(9-22(13)16)7-17-8-14-18-15(21-23-14)12-4-5-12/h10-12,17H,3-9H2,1-2H3. The second-order valence-electron chi connectivity index (χ2n) is 7.10. The predicted octanol–water partition coefficient (Wildman–Crippen LogP) is 2.01. The van der Waals surface area contributed by atoms with Crippen molar-refractivity contribution in [1.29, 1.82) is 0 Å². The molecule has 1 unspecified atom stereocenters.